The summed E-state index contributed by atoms with van der Waals surface area (Å²) in [5.41, 5.74) is -0.951. The number of rotatable bonds is 2. The highest BCUT2D eigenvalue weighted by Gasteiger charge is 2.42. The first-order chi connectivity index (χ1) is 24.5. The number of aromatic nitrogens is 2. The molecule has 0 saturated heterocycles. The summed E-state index contributed by atoms with van der Waals surface area (Å²) in [5.74, 6) is -6.85. The maximum atomic E-state index is 13.9. The summed E-state index contributed by atoms with van der Waals surface area (Å²) >= 11 is 2.41. The van der Waals surface area contributed by atoms with Crippen LogP contribution in [0.4, 0.5) is 17.6 Å². The van der Waals surface area contributed by atoms with Crippen LogP contribution in [-0.2, 0) is 11.2 Å². The van der Waals surface area contributed by atoms with E-state index in [9.17, 15) is 36.7 Å². The van der Waals surface area contributed by atoms with Crippen molar-refractivity contribution >= 4 is 58.0 Å². The molecular formula is C38H20F4N2O6S2. The van der Waals surface area contributed by atoms with E-state index in [1.54, 1.807) is 12.1 Å². The highest BCUT2D eigenvalue weighted by molar-refractivity contribution is 7.16. The van der Waals surface area contributed by atoms with E-state index in [0.29, 0.717) is 53.8 Å². The lowest BCUT2D eigenvalue weighted by atomic mass is 9.92. The fraction of sp³-hybridized carbons (Fsp3) is 0.158. The number of ether oxygens (including phenoxy) is 2. The molecule has 0 bridgehead atoms. The van der Waals surface area contributed by atoms with Crippen LogP contribution < -0.4 is 9.47 Å². The molecule has 258 valence electrons. The topological polar surface area (TPSA) is 113 Å². The molecule has 5 aromatic rings. The van der Waals surface area contributed by atoms with E-state index in [-0.39, 0.29) is 33.4 Å². The van der Waals surface area contributed by atoms with Crippen LogP contribution in [0.25, 0.3) is 33.0 Å². The normalized spacial score (nSPS) is 17.2. The molecule has 0 atom stereocenters. The first kappa shape index (κ1) is 32.3. The smallest absolute Gasteiger partial charge is 0.197 e. The first-order valence-corrected chi connectivity index (χ1v) is 17.4. The predicted molar refractivity (Wildman–Crippen MR) is 182 cm³/mol. The second kappa shape index (κ2) is 10.5. The zero-order valence-corrected chi connectivity index (χ0v) is 28.9. The van der Waals surface area contributed by atoms with Crippen LogP contribution in [0.2, 0.25) is 0 Å². The van der Waals surface area contributed by atoms with Gasteiger partial charge in [-0.2, -0.15) is 0 Å². The summed E-state index contributed by atoms with van der Waals surface area (Å²) in [7, 11) is 0. The third kappa shape index (κ3) is 4.50. The summed E-state index contributed by atoms with van der Waals surface area (Å²) in [6.07, 6.45) is 2.64. The van der Waals surface area contributed by atoms with Crippen molar-refractivity contribution in [2.24, 2.45) is 0 Å². The molecule has 0 fully saturated rings. The number of carbonyl (C=O) groups is 4. The maximum absolute atomic E-state index is 13.9. The van der Waals surface area contributed by atoms with Gasteiger partial charge in [0.15, 0.2) is 46.4 Å². The summed E-state index contributed by atoms with van der Waals surface area (Å²) in [5, 5.41) is 0.620. The van der Waals surface area contributed by atoms with Gasteiger partial charge in [0.2, 0.25) is 0 Å². The fourth-order valence-corrected chi connectivity index (χ4v) is 9.21. The second-order valence-electron chi connectivity index (χ2n) is 13.6. The third-order valence-electron chi connectivity index (χ3n) is 9.34. The summed E-state index contributed by atoms with van der Waals surface area (Å²) in [6.45, 7) is 7.24. The number of carbonyl (C=O) groups excluding carboxylic acids is 4. The van der Waals surface area contributed by atoms with Crippen LogP contribution in [0.15, 0.2) is 47.5 Å². The highest BCUT2D eigenvalue weighted by Crippen LogP contribution is 2.55. The van der Waals surface area contributed by atoms with Gasteiger partial charge >= 0.3 is 0 Å². The third-order valence-corrected chi connectivity index (χ3v) is 11.4. The molecule has 14 heteroatoms. The number of benzene rings is 3. The SMILES string of the molecule is CC1(C)Oc2cc3c(cc2-c2sc(C=C4C(=O)c5cc(F)c(F)cc5C4=O)nc21)OC(C)(C)c1nc(C=C2C(=O)c4cc(F)c(F)cc4C2=O)sc1-3. The molecule has 4 heterocycles. The number of allylic oxidation sites excluding steroid dienone is 2. The lowest BCUT2D eigenvalue weighted by Crippen LogP contribution is -2.31. The lowest BCUT2D eigenvalue weighted by molar-refractivity contribution is 0.0955. The van der Waals surface area contributed by atoms with E-state index in [2.05, 4.69) is 0 Å². The molecule has 9 rings (SSSR count). The molecule has 52 heavy (non-hydrogen) atoms. The molecule has 4 aliphatic rings. The van der Waals surface area contributed by atoms with Crippen molar-refractivity contribution in [3.05, 3.63) is 114 Å². The van der Waals surface area contributed by atoms with Gasteiger partial charge < -0.3 is 9.47 Å². The Morgan fingerprint density at radius 2 is 0.827 bits per heavy atom. The average molecular weight is 741 g/mol. The van der Waals surface area contributed by atoms with Crippen LogP contribution in [-0.4, -0.2) is 33.1 Å². The van der Waals surface area contributed by atoms with E-state index in [4.69, 9.17) is 19.4 Å². The van der Waals surface area contributed by atoms with Crippen molar-refractivity contribution < 1.29 is 46.2 Å². The average Bonchev–Trinajstić information content (AvgIpc) is 3.81. The van der Waals surface area contributed by atoms with Gasteiger partial charge in [-0.15, -0.1) is 22.7 Å². The van der Waals surface area contributed by atoms with Crippen molar-refractivity contribution in [1.82, 2.24) is 9.97 Å². The van der Waals surface area contributed by atoms with Crippen LogP contribution in [0, 0.1) is 23.3 Å². The number of ketones is 4. The first-order valence-electron chi connectivity index (χ1n) is 15.7. The van der Waals surface area contributed by atoms with Gasteiger partial charge in [0.1, 0.15) is 44.1 Å². The van der Waals surface area contributed by atoms with E-state index in [1.165, 1.54) is 34.8 Å². The van der Waals surface area contributed by atoms with Crippen LogP contribution in [0.1, 0.15) is 90.5 Å². The molecule has 3 aromatic carbocycles. The van der Waals surface area contributed by atoms with E-state index in [1.807, 2.05) is 27.7 Å². The van der Waals surface area contributed by atoms with E-state index < -0.39 is 57.6 Å². The van der Waals surface area contributed by atoms with Gasteiger partial charge in [-0.05, 0) is 76.2 Å². The predicted octanol–water partition coefficient (Wildman–Crippen LogP) is 8.67. The van der Waals surface area contributed by atoms with E-state index in [0.717, 1.165) is 24.3 Å². The fourth-order valence-electron chi connectivity index (χ4n) is 6.85. The molecule has 0 radical (unpaired) electrons. The molecule has 2 aliphatic heterocycles. The van der Waals surface area contributed by atoms with Crippen molar-refractivity contribution in [2.45, 2.75) is 38.9 Å². The molecule has 2 aliphatic carbocycles. The second-order valence-corrected chi connectivity index (χ2v) is 15.6. The lowest BCUT2D eigenvalue weighted by Gasteiger charge is -2.35. The van der Waals surface area contributed by atoms with Gasteiger partial charge in [-0.1, -0.05) is 0 Å². The number of Topliss-reactive ketones (excluding diaryl/α,β-unsaturated/α-hetero) is 4. The molecule has 0 unspecified atom stereocenters. The Morgan fingerprint density at radius 1 is 0.519 bits per heavy atom. The Bertz CT molecular complexity index is 2400. The Hall–Kier alpha value is -5.60. The molecule has 0 spiro atoms. The summed E-state index contributed by atoms with van der Waals surface area (Å²) in [4.78, 5) is 63.1. The van der Waals surface area contributed by atoms with Crippen molar-refractivity contribution in [3.63, 3.8) is 0 Å². The number of fused-ring (bicyclic) bond motifs is 8. The van der Waals surface area contributed by atoms with Crippen LogP contribution in [0.5, 0.6) is 11.5 Å². The number of thiazole rings is 2. The molecule has 0 N–H and O–H groups in total. The van der Waals surface area contributed by atoms with Crippen LogP contribution in [0.3, 0.4) is 0 Å². The maximum Gasteiger partial charge on any atom is 0.197 e. The van der Waals surface area contributed by atoms with Crippen LogP contribution >= 0.6 is 22.7 Å². The number of halogens is 4. The van der Waals surface area contributed by atoms with Crippen molar-refractivity contribution in [2.75, 3.05) is 0 Å². The minimum Gasteiger partial charge on any atom is -0.481 e. The number of hydrogen-bond acceptors (Lipinski definition) is 10. The van der Waals surface area contributed by atoms with E-state index >= 15 is 0 Å². The Kier molecular flexibility index (Phi) is 6.51. The Labute approximate surface area is 299 Å². The van der Waals surface area contributed by atoms with Gasteiger partial charge in [0, 0.05) is 33.4 Å². The standard InChI is InChI=1S/C38H20F4N2O6S2/c1-37(2)35-33(51-27(43-35)11-19-29(45)13-5-21(39)22(40)6-14(13)30(19)46)17-10-26-18(9-25(17)49-37)34-36(38(3,4)50-26)44-28(52-34)12-20-31(47)15-7-23(41)24(42)8-16(15)32(20)48/h5-12H,1-4H3. The highest BCUT2D eigenvalue weighted by atomic mass is 32.1. The summed E-state index contributed by atoms with van der Waals surface area (Å²) < 4.78 is 68.5. The Balaban J connectivity index is 1.11. The number of nitrogens with zero attached hydrogens (tertiary/aromatic N) is 2. The quantitative estimate of drug-likeness (QED) is 0.100. The monoisotopic (exact) mass is 740 g/mol. The zero-order valence-electron chi connectivity index (χ0n) is 27.3. The minimum absolute atomic E-state index is 0.212. The molecule has 2 aromatic heterocycles. The van der Waals surface area contributed by atoms with Gasteiger partial charge in [-0.3, -0.25) is 19.2 Å². The van der Waals surface area contributed by atoms with Gasteiger partial charge in [0.25, 0.3) is 0 Å². The molecular weight excluding hydrogens is 721 g/mol. The van der Waals surface area contributed by atoms with Crippen molar-refractivity contribution in [3.8, 4) is 32.4 Å². The van der Waals surface area contributed by atoms with Crippen molar-refractivity contribution in [1.29, 1.82) is 0 Å². The minimum atomic E-state index is -1.23. The van der Waals surface area contributed by atoms with Gasteiger partial charge in [0.05, 0.1) is 20.9 Å². The summed E-state index contributed by atoms with van der Waals surface area (Å²) in [6, 6.07) is 6.50. The number of hydrogen-bond donors (Lipinski definition) is 0. The largest absolute Gasteiger partial charge is 0.481 e. The Morgan fingerprint density at radius 3 is 1.13 bits per heavy atom. The molecule has 0 amide bonds. The zero-order chi connectivity index (χ0) is 36.8. The molecule has 0 saturated carbocycles. The van der Waals surface area contributed by atoms with Gasteiger partial charge in [-0.25, -0.2) is 27.5 Å². The molecule has 8 nitrogen and oxygen atoms in total.